The summed E-state index contributed by atoms with van der Waals surface area (Å²) in [5.41, 5.74) is 8.29. The van der Waals surface area contributed by atoms with Gasteiger partial charge < -0.3 is 40.2 Å². The lowest BCUT2D eigenvalue weighted by atomic mass is 9.80. The minimum absolute atomic E-state index is 0.0128. The van der Waals surface area contributed by atoms with E-state index in [1.807, 2.05) is 64.1 Å². The summed E-state index contributed by atoms with van der Waals surface area (Å²) in [4.78, 5) is 53.0. The average molecular weight is 770 g/mol. The number of carbonyl (C=O) groups is 2. The number of fused-ring (bicyclic) bond motifs is 8. The van der Waals surface area contributed by atoms with Gasteiger partial charge in [-0.25, -0.2) is 4.98 Å². The smallest absolute Gasteiger partial charge is 0.251 e. The molecule has 0 fully saturated rings. The van der Waals surface area contributed by atoms with Crippen LogP contribution >= 0.6 is 23.2 Å². The number of aromatic hydroxyl groups is 1. The van der Waals surface area contributed by atoms with Crippen LogP contribution in [0.25, 0.3) is 44.9 Å². The SMILES string of the molecule is CC(C)C(N)C(=O)N[C@H]1Cc2ccc(O)c(c2)[C@@]23OOc4c(cccc42)-c2cccc4[nH]c(Cl)c(c24)-c2oc(nc2Cl)-c2nc(oc23)[C@H](C(C)C)NC1=O. The molecule has 4 atom stereocenters. The largest absolute Gasteiger partial charge is 0.508 e. The number of aromatic nitrogens is 3. The number of nitrogens with one attached hydrogen (secondary N) is 3. The summed E-state index contributed by atoms with van der Waals surface area (Å²) in [5, 5.41) is 18.7. The number of hydrogen-bond donors (Lipinski definition) is 5. The molecule has 1 unspecified atom stereocenters. The second-order valence-corrected chi connectivity index (χ2v) is 15.3. The van der Waals surface area contributed by atoms with E-state index in [4.69, 9.17) is 52.5 Å². The first-order valence-electron chi connectivity index (χ1n) is 17.5. The van der Waals surface area contributed by atoms with Gasteiger partial charge in [0.1, 0.15) is 23.0 Å². The van der Waals surface area contributed by atoms with Crippen molar-refractivity contribution < 1.29 is 33.3 Å². The first-order chi connectivity index (χ1) is 25.9. The lowest BCUT2D eigenvalue weighted by Crippen LogP contribution is -2.54. The van der Waals surface area contributed by atoms with E-state index in [-0.39, 0.29) is 68.9 Å². The fourth-order valence-electron chi connectivity index (χ4n) is 7.58. The van der Waals surface area contributed by atoms with Crippen LogP contribution in [0.4, 0.5) is 0 Å². The molecule has 54 heavy (non-hydrogen) atoms. The van der Waals surface area contributed by atoms with Crippen molar-refractivity contribution in [1.82, 2.24) is 25.6 Å². The zero-order chi connectivity index (χ0) is 37.8. The molecule has 0 saturated heterocycles. The molecule has 6 N–H and O–H groups in total. The fraction of sp³-hybridized carbons (Fsp3) is 0.282. The summed E-state index contributed by atoms with van der Waals surface area (Å²) in [6.07, 6.45) is 0.0429. The third-order valence-electron chi connectivity index (χ3n) is 10.5. The maximum absolute atomic E-state index is 14.2. The van der Waals surface area contributed by atoms with Crippen LogP contribution in [0.1, 0.15) is 62.1 Å². The molecule has 0 radical (unpaired) electrons. The third kappa shape index (κ3) is 4.99. The predicted octanol–water partition coefficient (Wildman–Crippen LogP) is 6.92. The summed E-state index contributed by atoms with van der Waals surface area (Å²) >= 11 is 13.7. The Hall–Kier alpha value is -5.34. The fourth-order valence-corrected chi connectivity index (χ4v) is 8.07. The Kier molecular flexibility index (Phi) is 7.87. The highest BCUT2D eigenvalue weighted by Gasteiger charge is 2.55. The summed E-state index contributed by atoms with van der Waals surface area (Å²) in [6.45, 7) is 7.44. The van der Waals surface area contributed by atoms with E-state index >= 15 is 0 Å². The Morgan fingerprint density at radius 1 is 1.04 bits per heavy atom. The van der Waals surface area contributed by atoms with Gasteiger partial charge in [0.25, 0.3) is 5.89 Å². The summed E-state index contributed by atoms with van der Waals surface area (Å²) in [6, 6.07) is 13.4. The van der Waals surface area contributed by atoms with Gasteiger partial charge >= 0.3 is 0 Å². The molecule has 0 aliphatic carbocycles. The highest BCUT2D eigenvalue weighted by atomic mass is 35.5. The van der Waals surface area contributed by atoms with Crippen molar-refractivity contribution in [2.24, 2.45) is 17.6 Å². The molecular formula is C39H34Cl2N6O7. The van der Waals surface area contributed by atoms with E-state index in [0.29, 0.717) is 38.9 Å². The lowest BCUT2D eigenvalue weighted by molar-refractivity contribution is -0.248. The maximum Gasteiger partial charge on any atom is 0.251 e. The Morgan fingerprint density at radius 3 is 2.59 bits per heavy atom. The van der Waals surface area contributed by atoms with Crippen molar-refractivity contribution in [3.8, 4) is 45.5 Å². The minimum atomic E-state index is -1.82. The van der Waals surface area contributed by atoms with Gasteiger partial charge in [0, 0.05) is 34.0 Å². The van der Waals surface area contributed by atoms with Crippen LogP contribution in [0.5, 0.6) is 11.5 Å². The zero-order valence-electron chi connectivity index (χ0n) is 29.4. The number of rotatable bonds is 4. The molecule has 3 aromatic heterocycles. The molecule has 3 aliphatic heterocycles. The minimum Gasteiger partial charge on any atom is -0.508 e. The van der Waals surface area contributed by atoms with E-state index in [0.717, 1.165) is 5.56 Å². The Morgan fingerprint density at radius 2 is 1.81 bits per heavy atom. The van der Waals surface area contributed by atoms with Crippen LogP contribution in [0.15, 0.2) is 63.4 Å². The number of aromatic amines is 1. The second kappa shape index (κ2) is 12.4. The molecule has 6 aromatic rings. The van der Waals surface area contributed by atoms with E-state index in [1.54, 1.807) is 12.1 Å². The molecule has 6 heterocycles. The van der Waals surface area contributed by atoms with E-state index in [1.165, 1.54) is 6.07 Å². The number of hydrogen-bond acceptors (Lipinski definition) is 10. The quantitative estimate of drug-likeness (QED) is 0.118. The van der Waals surface area contributed by atoms with Crippen molar-refractivity contribution in [2.45, 2.75) is 57.8 Å². The second-order valence-electron chi connectivity index (χ2n) is 14.6. The van der Waals surface area contributed by atoms with Crippen LogP contribution < -0.4 is 21.3 Å². The molecule has 13 nitrogen and oxygen atoms in total. The van der Waals surface area contributed by atoms with Crippen LogP contribution in [0.3, 0.4) is 0 Å². The monoisotopic (exact) mass is 768 g/mol. The van der Waals surface area contributed by atoms with Crippen LogP contribution in [-0.4, -0.2) is 44.0 Å². The van der Waals surface area contributed by atoms with Crippen molar-refractivity contribution in [3.63, 3.8) is 0 Å². The first kappa shape index (κ1) is 34.4. The van der Waals surface area contributed by atoms with Gasteiger partial charge in [-0.1, -0.05) is 87.3 Å². The number of H-pyrrole nitrogens is 1. The Bertz CT molecular complexity index is 2540. The number of phenols is 1. The molecule has 3 aliphatic rings. The van der Waals surface area contributed by atoms with Crippen LogP contribution in [-0.2, 0) is 26.5 Å². The number of halogens is 2. The van der Waals surface area contributed by atoms with E-state index in [2.05, 4.69) is 20.6 Å². The molecule has 2 amide bonds. The number of nitrogens with zero attached hydrogens (tertiary/aromatic N) is 2. The summed E-state index contributed by atoms with van der Waals surface area (Å²) < 4.78 is 13.2. The van der Waals surface area contributed by atoms with Crippen molar-refractivity contribution in [2.75, 3.05) is 0 Å². The zero-order valence-corrected chi connectivity index (χ0v) is 30.9. The van der Waals surface area contributed by atoms with Crippen LogP contribution in [0, 0.1) is 11.8 Å². The maximum atomic E-state index is 14.2. The highest BCUT2D eigenvalue weighted by Crippen LogP contribution is 2.58. The molecular weight excluding hydrogens is 735 g/mol. The number of nitrogens with two attached hydrogens (primary N) is 1. The lowest BCUT2D eigenvalue weighted by Gasteiger charge is -2.29. The van der Waals surface area contributed by atoms with E-state index in [9.17, 15) is 14.7 Å². The normalized spacial score (nSPS) is 20.4. The van der Waals surface area contributed by atoms with Gasteiger partial charge in [0.15, 0.2) is 28.1 Å². The van der Waals surface area contributed by atoms with Gasteiger partial charge in [0.2, 0.25) is 23.3 Å². The van der Waals surface area contributed by atoms with Gasteiger partial charge in [0.05, 0.1) is 11.6 Å². The van der Waals surface area contributed by atoms with Gasteiger partial charge in [-0.2, -0.15) is 9.87 Å². The summed E-state index contributed by atoms with van der Waals surface area (Å²) in [7, 11) is 0. The van der Waals surface area contributed by atoms with E-state index < -0.39 is 35.5 Å². The number of para-hydroxylation sites is 1. The number of benzene rings is 3. The number of carbonyl (C=O) groups excluding carboxylic acids is 2. The van der Waals surface area contributed by atoms with Crippen LogP contribution in [0.2, 0.25) is 10.3 Å². The number of oxazole rings is 2. The van der Waals surface area contributed by atoms with Crippen molar-refractivity contribution >= 4 is 45.9 Å². The molecule has 276 valence electrons. The van der Waals surface area contributed by atoms with Gasteiger partial charge in [-0.05, 0) is 41.2 Å². The van der Waals surface area contributed by atoms with Gasteiger partial charge in [-0.3, -0.25) is 9.59 Å². The third-order valence-corrected chi connectivity index (χ3v) is 11.0. The number of phenolic OH excluding ortho intramolecular Hbond substituents is 1. The standard InChI is InChI=1S/C39H34Cl2N6O7/c1-15(2)27(42)36(50)44-23-14-17-11-12-24(48)21(13-17)39-20-9-5-8-19(30(20)53-54-39)18-7-6-10-22-25(18)26(33(40)43-22)31-34(41)47-38(51-31)29-32(39)52-37(46-29)28(16(3)4)45-35(23)49/h5-13,15-16,23,27-28,43,48H,14,42H2,1-4H3,(H,44,50)(H,45,49)/t23-,27?,28-,39-/m0/s1. The Balaban J connectivity index is 1.37. The molecule has 3 aromatic carbocycles. The highest BCUT2D eigenvalue weighted by molar-refractivity contribution is 6.37. The molecule has 1 spiro atoms. The molecule has 0 saturated carbocycles. The average Bonchev–Trinajstić information content (AvgIpc) is 3.92. The summed E-state index contributed by atoms with van der Waals surface area (Å²) in [5.74, 6) is -0.969. The van der Waals surface area contributed by atoms with Crippen molar-refractivity contribution in [1.29, 1.82) is 0 Å². The molecule has 15 heteroatoms. The Labute approximate surface area is 318 Å². The number of amides is 2. The molecule has 9 rings (SSSR count). The van der Waals surface area contributed by atoms with Crippen molar-refractivity contribution in [3.05, 3.63) is 93.2 Å². The first-order valence-corrected chi connectivity index (χ1v) is 18.3. The van der Waals surface area contributed by atoms with Gasteiger partial charge in [-0.15, -0.1) is 0 Å². The topological polar surface area (TPSA) is 191 Å². The molecule has 10 bridgehead atoms. The predicted molar refractivity (Wildman–Crippen MR) is 199 cm³/mol.